The van der Waals surface area contributed by atoms with Gasteiger partial charge < -0.3 is 14.5 Å². The Morgan fingerprint density at radius 1 is 1.17 bits per heavy atom. The van der Waals surface area contributed by atoms with Crippen molar-refractivity contribution in [2.75, 3.05) is 37.7 Å². The Labute approximate surface area is 135 Å². The molecule has 6 nitrogen and oxygen atoms in total. The number of hydrogen-bond acceptors (Lipinski definition) is 4. The average Bonchev–Trinajstić information content (AvgIpc) is 3.09. The molecule has 0 spiro atoms. The van der Waals surface area contributed by atoms with Crippen LogP contribution in [0.1, 0.15) is 21.6 Å². The van der Waals surface area contributed by atoms with Crippen molar-refractivity contribution in [3.05, 3.63) is 47.3 Å². The lowest BCUT2D eigenvalue weighted by molar-refractivity contribution is 0.0733. The van der Waals surface area contributed by atoms with Crippen LogP contribution in [0.25, 0.3) is 0 Å². The number of fused-ring (bicyclic) bond motifs is 1. The number of morpholine rings is 1. The highest BCUT2D eigenvalue weighted by Gasteiger charge is 2.26. The normalized spacial score (nSPS) is 17.9. The van der Waals surface area contributed by atoms with Gasteiger partial charge in [0.15, 0.2) is 0 Å². The molecule has 120 valence electrons. The van der Waals surface area contributed by atoms with Gasteiger partial charge in [0.1, 0.15) is 0 Å². The Bertz CT molecular complexity index is 706. The summed E-state index contributed by atoms with van der Waals surface area (Å²) >= 11 is 0. The summed E-state index contributed by atoms with van der Waals surface area (Å²) in [5, 5.41) is 7.09. The molecule has 6 heteroatoms. The molecule has 1 saturated heterocycles. The van der Waals surface area contributed by atoms with Crippen molar-refractivity contribution in [3.8, 4) is 0 Å². The van der Waals surface area contributed by atoms with Crippen molar-refractivity contribution in [3.63, 3.8) is 0 Å². The number of carbonyl (C=O) groups is 1. The lowest BCUT2D eigenvalue weighted by atomic mass is 10.1. The standard InChI is InChI=1S/C17H20N4O2/c22-17(21-6-5-15-13(12-21)11-18-19-15)14-3-1-2-4-16(14)20-7-9-23-10-8-20/h1-4,11H,5-10,12H2,(H,18,19). The van der Waals surface area contributed by atoms with Crippen LogP contribution in [0.15, 0.2) is 30.5 Å². The number of amides is 1. The second-order valence-electron chi connectivity index (χ2n) is 5.97. The number of nitrogens with zero attached hydrogens (tertiary/aromatic N) is 3. The quantitative estimate of drug-likeness (QED) is 0.911. The molecule has 0 atom stereocenters. The monoisotopic (exact) mass is 312 g/mol. The van der Waals surface area contributed by atoms with Crippen LogP contribution in [0.5, 0.6) is 0 Å². The van der Waals surface area contributed by atoms with Crippen molar-refractivity contribution >= 4 is 11.6 Å². The number of benzene rings is 1. The fraction of sp³-hybridized carbons (Fsp3) is 0.412. The van der Waals surface area contributed by atoms with Gasteiger partial charge in [0.05, 0.1) is 25.0 Å². The molecule has 0 unspecified atom stereocenters. The van der Waals surface area contributed by atoms with E-state index in [0.717, 1.165) is 48.6 Å². The number of nitrogens with one attached hydrogen (secondary N) is 1. The van der Waals surface area contributed by atoms with Crippen molar-refractivity contribution in [2.45, 2.75) is 13.0 Å². The summed E-state index contributed by atoms with van der Waals surface area (Å²) in [7, 11) is 0. The summed E-state index contributed by atoms with van der Waals surface area (Å²) in [6.45, 7) is 4.44. The first-order valence-corrected chi connectivity index (χ1v) is 8.05. The maximum absolute atomic E-state index is 13.0. The summed E-state index contributed by atoms with van der Waals surface area (Å²) in [4.78, 5) is 17.2. The van der Waals surface area contributed by atoms with Crippen molar-refractivity contribution in [1.82, 2.24) is 15.1 Å². The molecule has 23 heavy (non-hydrogen) atoms. The number of rotatable bonds is 2. The van der Waals surface area contributed by atoms with Crippen LogP contribution in [-0.2, 0) is 17.7 Å². The number of carbonyl (C=O) groups excluding carboxylic acids is 1. The Morgan fingerprint density at radius 2 is 2.00 bits per heavy atom. The van der Waals surface area contributed by atoms with E-state index >= 15 is 0 Å². The van der Waals surface area contributed by atoms with E-state index in [4.69, 9.17) is 4.74 Å². The second kappa shape index (κ2) is 6.04. The highest BCUT2D eigenvalue weighted by molar-refractivity contribution is 6.00. The molecule has 1 fully saturated rings. The van der Waals surface area contributed by atoms with Gasteiger partial charge in [-0.1, -0.05) is 12.1 Å². The zero-order chi connectivity index (χ0) is 15.6. The van der Waals surface area contributed by atoms with Crippen LogP contribution in [0.4, 0.5) is 5.69 Å². The van der Waals surface area contributed by atoms with E-state index in [9.17, 15) is 4.79 Å². The summed E-state index contributed by atoms with van der Waals surface area (Å²) in [5.74, 6) is 0.0962. The number of ether oxygens (including phenoxy) is 1. The van der Waals surface area contributed by atoms with Gasteiger partial charge in [0.25, 0.3) is 5.91 Å². The molecule has 2 aromatic rings. The van der Waals surface area contributed by atoms with E-state index in [0.29, 0.717) is 19.8 Å². The predicted molar refractivity (Wildman–Crippen MR) is 86.5 cm³/mol. The number of aromatic nitrogens is 2. The Kier molecular flexibility index (Phi) is 3.75. The van der Waals surface area contributed by atoms with E-state index < -0.39 is 0 Å². The third-order valence-corrected chi connectivity index (χ3v) is 4.57. The topological polar surface area (TPSA) is 61.5 Å². The number of H-pyrrole nitrogens is 1. The van der Waals surface area contributed by atoms with Crippen LogP contribution in [-0.4, -0.2) is 53.9 Å². The molecular weight excluding hydrogens is 292 g/mol. The van der Waals surface area contributed by atoms with Gasteiger partial charge in [-0.2, -0.15) is 5.10 Å². The van der Waals surface area contributed by atoms with Gasteiger partial charge in [-0.25, -0.2) is 0 Å². The second-order valence-corrected chi connectivity index (χ2v) is 5.97. The molecule has 0 aliphatic carbocycles. The molecule has 1 amide bonds. The average molecular weight is 312 g/mol. The maximum Gasteiger partial charge on any atom is 0.256 e. The molecular formula is C17H20N4O2. The van der Waals surface area contributed by atoms with E-state index in [1.165, 1.54) is 0 Å². The third-order valence-electron chi connectivity index (χ3n) is 4.57. The van der Waals surface area contributed by atoms with Gasteiger partial charge in [-0.3, -0.25) is 9.89 Å². The fourth-order valence-corrected chi connectivity index (χ4v) is 3.30. The maximum atomic E-state index is 13.0. The van der Waals surface area contributed by atoms with Crippen molar-refractivity contribution < 1.29 is 9.53 Å². The number of para-hydroxylation sites is 1. The van der Waals surface area contributed by atoms with E-state index in [1.54, 1.807) is 0 Å². The van der Waals surface area contributed by atoms with Crippen LogP contribution in [0, 0.1) is 0 Å². The van der Waals surface area contributed by atoms with E-state index in [2.05, 4.69) is 15.1 Å². The van der Waals surface area contributed by atoms with Crippen LogP contribution < -0.4 is 4.90 Å². The molecule has 0 bridgehead atoms. The minimum absolute atomic E-state index is 0.0962. The van der Waals surface area contributed by atoms with Gasteiger partial charge in [-0.05, 0) is 12.1 Å². The van der Waals surface area contributed by atoms with Crippen molar-refractivity contribution in [1.29, 1.82) is 0 Å². The smallest absolute Gasteiger partial charge is 0.256 e. The number of aromatic amines is 1. The third kappa shape index (κ3) is 2.70. The Hall–Kier alpha value is -2.34. The van der Waals surface area contributed by atoms with Gasteiger partial charge in [0, 0.05) is 49.5 Å². The summed E-state index contributed by atoms with van der Waals surface area (Å²) in [6.07, 6.45) is 2.66. The van der Waals surface area contributed by atoms with E-state index in [1.807, 2.05) is 35.4 Å². The molecule has 1 aromatic heterocycles. The van der Waals surface area contributed by atoms with E-state index in [-0.39, 0.29) is 5.91 Å². The fourth-order valence-electron chi connectivity index (χ4n) is 3.30. The predicted octanol–water partition coefficient (Wildman–Crippen LogP) is 1.44. The Morgan fingerprint density at radius 3 is 2.87 bits per heavy atom. The van der Waals surface area contributed by atoms with Gasteiger partial charge >= 0.3 is 0 Å². The summed E-state index contributed by atoms with van der Waals surface area (Å²) in [6, 6.07) is 7.89. The molecule has 1 N–H and O–H groups in total. The zero-order valence-electron chi connectivity index (χ0n) is 13.0. The first kappa shape index (κ1) is 14.3. The lowest BCUT2D eigenvalue weighted by Crippen LogP contribution is -2.39. The summed E-state index contributed by atoms with van der Waals surface area (Å²) in [5.41, 5.74) is 4.06. The van der Waals surface area contributed by atoms with Gasteiger partial charge in [-0.15, -0.1) is 0 Å². The van der Waals surface area contributed by atoms with Crippen molar-refractivity contribution in [2.24, 2.45) is 0 Å². The highest BCUT2D eigenvalue weighted by atomic mass is 16.5. The molecule has 4 rings (SSSR count). The molecule has 1 aromatic carbocycles. The first-order valence-electron chi connectivity index (χ1n) is 8.05. The minimum atomic E-state index is 0.0962. The molecule has 2 aliphatic heterocycles. The van der Waals surface area contributed by atoms with Gasteiger partial charge in [0.2, 0.25) is 0 Å². The minimum Gasteiger partial charge on any atom is -0.378 e. The summed E-state index contributed by atoms with van der Waals surface area (Å²) < 4.78 is 5.42. The van der Waals surface area contributed by atoms with Crippen LogP contribution >= 0.6 is 0 Å². The molecule has 2 aliphatic rings. The zero-order valence-corrected chi connectivity index (χ0v) is 13.0. The SMILES string of the molecule is O=C(c1ccccc1N1CCOCC1)N1CCc2[nH]ncc2C1. The number of hydrogen-bond donors (Lipinski definition) is 1. The highest BCUT2D eigenvalue weighted by Crippen LogP contribution is 2.25. The molecule has 0 radical (unpaired) electrons. The molecule has 3 heterocycles. The Balaban J connectivity index is 1.59. The van der Waals surface area contributed by atoms with Crippen LogP contribution in [0.2, 0.25) is 0 Å². The lowest BCUT2D eigenvalue weighted by Gasteiger charge is -2.32. The first-order chi connectivity index (χ1) is 11.3. The van der Waals surface area contributed by atoms with Crippen LogP contribution in [0.3, 0.4) is 0 Å². The number of anilines is 1. The largest absolute Gasteiger partial charge is 0.378 e. The molecule has 0 saturated carbocycles.